The molecule has 1 fully saturated rings. The number of amides is 1. The Labute approximate surface area is 156 Å². The standard InChI is InChI=1S/C22H28N2O2/c1-18-7-10-20(11-8-18)21(17-24-13-15-26-16-14-24)23-22(25)12-9-19-5-3-2-4-6-19/h2-8,10-11,21H,9,12-17H2,1H3,(H,23,25)/t21-/m1/s1. The van der Waals surface area contributed by atoms with Gasteiger partial charge in [0.1, 0.15) is 0 Å². The largest absolute Gasteiger partial charge is 0.379 e. The third kappa shape index (κ3) is 5.68. The molecule has 0 unspecified atom stereocenters. The monoisotopic (exact) mass is 352 g/mol. The van der Waals surface area contributed by atoms with E-state index < -0.39 is 0 Å². The molecule has 1 N–H and O–H groups in total. The highest BCUT2D eigenvalue weighted by Gasteiger charge is 2.20. The number of nitrogens with zero attached hydrogens (tertiary/aromatic N) is 1. The van der Waals surface area contributed by atoms with E-state index in [2.05, 4.69) is 53.5 Å². The molecule has 0 aromatic heterocycles. The molecule has 3 rings (SSSR count). The number of morpholine rings is 1. The Kier molecular flexibility index (Phi) is 6.81. The van der Waals surface area contributed by atoms with Crippen molar-refractivity contribution >= 4 is 5.91 Å². The second-order valence-electron chi connectivity index (χ2n) is 6.93. The van der Waals surface area contributed by atoms with Gasteiger partial charge in [0.15, 0.2) is 0 Å². The summed E-state index contributed by atoms with van der Waals surface area (Å²) in [4.78, 5) is 14.9. The molecule has 1 aliphatic rings. The highest BCUT2D eigenvalue weighted by Crippen LogP contribution is 2.17. The Bertz CT molecular complexity index is 679. The van der Waals surface area contributed by atoms with Crippen LogP contribution in [0.25, 0.3) is 0 Å². The number of ether oxygens (including phenoxy) is 1. The van der Waals surface area contributed by atoms with Crippen LogP contribution in [0.5, 0.6) is 0 Å². The number of aryl methyl sites for hydroxylation is 2. The molecule has 1 aliphatic heterocycles. The fourth-order valence-electron chi connectivity index (χ4n) is 3.24. The van der Waals surface area contributed by atoms with Crippen molar-refractivity contribution < 1.29 is 9.53 Å². The maximum atomic E-state index is 12.6. The Morgan fingerprint density at radius 3 is 2.46 bits per heavy atom. The van der Waals surface area contributed by atoms with Crippen LogP contribution in [0.4, 0.5) is 0 Å². The number of carbonyl (C=O) groups is 1. The Hall–Kier alpha value is -2.17. The van der Waals surface area contributed by atoms with Gasteiger partial charge in [0, 0.05) is 26.1 Å². The molecule has 0 radical (unpaired) electrons. The van der Waals surface area contributed by atoms with Crippen LogP contribution in [0, 0.1) is 6.92 Å². The van der Waals surface area contributed by atoms with Crippen LogP contribution >= 0.6 is 0 Å². The Morgan fingerprint density at radius 1 is 1.08 bits per heavy atom. The van der Waals surface area contributed by atoms with Gasteiger partial charge >= 0.3 is 0 Å². The van der Waals surface area contributed by atoms with E-state index in [4.69, 9.17) is 4.74 Å². The van der Waals surface area contributed by atoms with Crippen LogP contribution in [0.3, 0.4) is 0 Å². The first kappa shape index (κ1) is 18.6. The van der Waals surface area contributed by atoms with Crippen molar-refractivity contribution in [2.75, 3.05) is 32.8 Å². The average molecular weight is 352 g/mol. The second-order valence-corrected chi connectivity index (χ2v) is 6.93. The van der Waals surface area contributed by atoms with Crippen molar-refractivity contribution in [3.8, 4) is 0 Å². The maximum absolute atomic E-state index is 12.6. The van der Waals surface area contributed by atoms with Gasteiger partial charge in [0.25, 0.3) is 0 Å². The van der Waals surface area contributed by atoms with Gasteiger partial charge in [0.2, 0.25) is 5.91 Å². The minimum absolute atomic E-state index is 0.0111. The minimum Gasteiger partial charge on any atom is -0.379 e. The number of nitrogens with one attached hydrogen (secondary N) is 1. The van der Waals surface area contributed by atoms with Gasteiger partial charge in [-0.15, -0.1) is 0 Å². The van der Waals surface area contributed by atoms with Gasteiger partial charge in [-0.25, -0.2) is 0 Å². The summed E-state index contributed by atoms with van der Waals surface area (Å²) in [6, 6.07) is 18.6. The lowest BCUT2D eigenvalue weighted by molar-refractivity contribution is -0.122. The second kappa shape index (κ2) is 9.51. The molecular weight excluding hydrogens is 324 g/mol. The van der Waals surface area contributed by atoms with Crippen molar-refractivity contribution in [3.63, 3.8) is 0 Å². The van der Waals surface area contributed by atoms with Gasteiger partial charge in [-0.1, -0.05) is 60.2 Å². The van der Waals surface area contributed by atoms with Gasteiger partial charge < -0.3 is 10.1 Å². The number of rotatable bonds is 7. The molecule has 26 heavy (non-hydrogen) atoms. The van der Waals surface area contributed by atoms with E-state index in [-0.39, 0.29) is 11.9 Å². The fraction of sp³-hybridized carbons (Fsp3) is 0.409. The third-order valence-electron chi connectivity index (χ3n) is 4.84. The van der Waals surface area contributed by atoms with E-state index in [9.17, 15) is 4.79 Å². The van der Waals surface area contributed by atoms with Crippen LogP contribution in [0.15, 0.2) is 54.6 Å². The maximum Gasteiger partial charge on any atom is 0.220 e. The molecule has 0 bridgehead atoms. The first-order chi connectivity index (χ1) is 12.7. The quantitative estimate of drug-likeness (QED) is 0.832. The van der Waals surface area contributed by atoms with Crippen molar-refractivity contribution in [2.45, 2.75) is 25.8 Å². The molecule has 138 valence electrons. The van der Waals surface area contributed by atoms with Crippen molar-refractivity contribution in [1.82, 2.24) is 10.2 Å². The lowest BCUT2D eigenvalue weighted by atomic mass is 10.0. The summed E-state index contributed by atoms with van der Waals surface area (Å²) >= 11 is 0. The summed E-state index contributed by atoms with van der Waals surface area (Å²) in [6.07, 6.45) is 1.28. The summed E-state index contributed by atoms with van der Waals surface area (Å²) in [5.41, 5.74) is 3.59. The molecule has 2 aromatic carbocycles. The van der Waals surface area contributed by atoms with Gasteiger partial charge in [0.05, 0.1) is 19.3 Å². The lowest BCUT2D eigenvalue weighted by Gasteiger charge is -2.31. The van der Waals surface area contributed by atoms with E-state index in [0.717, 1.165) is 44.8 Å². The van der Waals surface area contributed by atoms with Crippen LogP contribution in [-0.4, -0.2) is 43.7 Å². The van der Waals surface area contributed by atoms with E-state index >= 15 is 0 Å². The summed E-state index contributed by atoms with van der Waals surface area (Å²) < 4.78 is 5.44. The fourth-order valence-corrected chi connectivity index (χ4v) is 3.24. The topological polar surface area (TPSA) is 41.6 Å². The smallest absolute Gasteiger partial charge is 0.220 e. The first-order valence-electron chi connectivity index (χ1n) is 9.40. The van der Waals surface area contributed by atoms with Crippen LogP contribution in [0.1, 0.15) is 29.2 Å². The summed E-state index contributed by atoms with van der Waals surface area (Å²) in [5, 5.41) is 3.25. The number of benzene rings is 2. The van der Waals surface area contributed by atoms with E-state index in [1.54, 1.807) is 0 Å². The zero-order valence-electron chi connectivity index (χ0n) is 15.5. The summed E-state index contributed by atoms with van der Waals surface area (Å²) in [6.45, 7) is 6.28. The van der Waals surface area contributed by atoms with Crippen molar-refractivity contribution in [2.24, 2.45) is 0 Å². The van der Waals surface area contributed by atoms with E-state index in [1.807, 2.05) is 18.2 Å². The zero-order chi connectivity index (χ0) is 18.2. The molecule has 1 atom stereocenters. The molecule has 0 saturated carbocycles. The van der Waals surface area contributed by atoms with E-state index in [1.165, 1.54) is 11.1 Å². The highest BCUT2D eigenvalue weighted by atomic mass is 16.5. The predicted octanol–water partition coefficient (Wildman–Crippen LogP) is 3.12. The van der Waals surface area contributed by atoms with Gasteiger partial charge in [-0.05, 0) is 24.5 Å². The normalized spacial score (nSPS) is 16.2. The first-order valence-corrected chi connectivity index (χ1v) is 9.40. The molecule has 0 aliphatic carbocycles. The summed E-state index contributed by atoms with van der Waals surface area (Å²) in [7, 11) is 0. The molecule has 0 spiro atoms. The molecule has 2 aromatic rings. The number of hydrogen-bond acceptors (Lipinski definition) is 3. The van der Waals surface area contributed by atoms with Crippen LogP contribution in [0.2, 0.25) is 0 Å². The third-order valence-corrected chi connectivity index (χ3v) is 4.84. The molecule has 1 heterocycles. The van der Waals surface area contributed by atoms with E-state index in [0.29, 0.717) is 6.42 Å². The summed E-state index contributed by atoms with van der Waals surface area (Å²) in [5.74, 6) is 0.104. The molecule has 1 amide bonds. The number of hydrogen-bond donors (Lipinski definition) is 1. The van der Waals surface area contributed by atoms with Crippen molar-refractivity contribution in [3.05, 3.63) is 71.3 Å². The van der Waals surface area contributed by atoms with Crippen LogP contribution in [-0.2, 0) is 16.0 Å². The Morgan fingerprint density at radius 2 is 1.77 bits per heavy atom. The average Bonchev–Trinajstić information content (AvgIpc) is 2.68. The lowest BCUT2D eigenvalue weighted by Crippen LogP contribution is -2.43. The molecule has 4 nitrogen and oxygen atoms in total. The Balaban J connectivity index is 1.62. The predicted molar refractivity (Wildman–Crippen MR) is 104 cm³/mol. The minimum atomic E-state index is 0.0111. The van der Waals surface area contributed by atoms with Gasteiger partial charge in [-0.2, -0.15) is 0 Å². The highest BCUT2D eigenvalue weighted by molar-refractivity contribution is 5.76. The molecule has 4 heteroatoms. The molecule has 1 saturated heterocycles. The SMILES string of the molecule is Cc1ccc([C@@H](CN2CCOCC2)NC(=O)CCc2ccccc2)cc1. The zero-order valence-corrected chi connectivity index (χ0v) is 15.5. The molecular formula is C22H28N2O2. The van der Waals surface area contributed by atoms with Gasteiger partial charge in [-0.3, -0.25) is 9.69 Å². The number of carbonyl (C=O) groups excluding carboxylic acids is 1. The van der Waals surface area contributed by atoms with Crippen molar-refractivity contribution in [1.29, 1.82) is 0 Å². The van der Waals surface area contributed by atoms with Crippen LogP contribution < -0.4 is 5.32 Å².